The zero-order chi connectivity index (χ0) is 7.07. The lowest BCUT2D eigenvalue weighted by molar-refractivity contribution is 1.09. The predicted molar refractivity (Wildman–Crippen MR) is 44.2 cm³/mol. The number of aromatic nitrogens is 2. The van der Waals surface area contributed by atoms with Gasteiger partial charge in [0.05, 0.1) is 0 Å². The third-order valence-electron chi connectivity index (χ3n) is 0.708. The second-order valence-electron chi connectivity index (χ2n) is 1.37. The van der Waals surface area contributed by atoms with Gasteiger partial charge in [0.2, 0.25) is 0 Å². The second kappa shape index (κ2) is 5.08. The largest absolute Gasteiger partial charge is 0.152 e. The maximum Gasteiger partial charge on any atom is 0.103 e. The van der Waals surface area contributed by atoms with Gasteiger partial charge in [-0.05, 0) is 10.8 Å². The standard InChI is InChI=1S/C4H4S.C2H2N2S/c1-2-4-5-3-1;1-3-4-2-5-1/h1-4H;1-2H. The van der Waals surface area contributed by atoms with Gasteiger partial charge in [-0.25, -0.2) is 0 Å². The van der Waals surface area contributed by atoms with Gasteiger partial charge in [-0.15, -0.1) is 21.5 Å². The molecule has 0 radical (unpaired) electrons. The second-order valence-corrected chi connectivity index (χ2v) is 2.88. The highest BCUT2D eigenvalue weighted by atomic mass is 32.1. The molecule has 0 aliphatic carbocycles. The van der Waals surface area contributed by atoms with E-state index in [1.807, 2.05) is 22.9 Å². The molecule has 2 aromatic rings. The van der Waals surface area contributed by atoms with Crippen LogP contribution in [-0.2, 0) is 0 Å². The Labute approximate surface area is 67.2 Å². The predicted octanol–water partition coefficient (Wildman–Crippen LogP) is 2.29. The fraction of sp³-hybridized carbons (Fsp3) is 0. The monoisotopic (exact) mass is 170 g/mol. The van der Waals surface area contributed by atoms with Gasteiger partial charge in [0, 0.05) is 0 Å². The van der Waals surface area contributed by atoms with Crippen LogP contribution in [0.15, 0.2) is 33.9 Å². The van der Waals surface area contributed by atoms with Crippen LogP contribution < -0.4 is 0 Å². The molecular weight excluding hydrogens is 164 g/mol. The molecule has 0 saturated heterocycles. The fourth-order valence-corrected chi connectivity index (χ4v) is 1.09. The Morgan fingerprint density at radius 3 is 1.60 bits per heavy atom. The van der Waals surface area contributed by atoms with Gasteiger partial charge < -0.3 is 0 Å². The summed E-state index contributed by atoms with van der Waals surface area (Å²) in [5.41, 5.74) is 3.36. The van der Waals surface area contributed by atoms with Gasteiger partial charge in [0.25, 0.3) is 0 Å². The summed E-state index contributed by atoms with van der Waals surface area (Å²) >= 11 is 3.20. The Balaban J connectivity index is 0.0000001000. The number of hydrogen-bond acceptors (Lipinski definition) is 4. The van der Waals surface area contributed by atoms with Crippen molar-refractivity contribution in [2.24, 2.45) is 0 Å². The van der Waals surface area contributed by atoms with Gasteiger partial charge in [0.1, 0.15) is 11.0 Å². The Morgan fingerprint density at radius 1 is 0.800 bits per heavy atom. The molecule has 2 aromatic heterocycles. The summed E-state index contributed by atoms with van der Waals surface area (Å²) in [5, 5.41) is 11.1. The van der Waals surface area contributed by atoms with Gasteiger partial charge in [-0.2, -0.15) is 11.3 Å². The van der Waals surface area contributed by atoms with E-state index in [0.717, 1.165) is 0 Å². The number of thiophene rings is 1. The molecule has 0 bridgehead atoms. The summed E-state index contributed by atoms with van der Waals surface area (Å²) in [6.07, 6.45) is 0. The maximum atomic E-state index is 3.49. The van der Waals surface area contributed by atoms with Crippen LogP contribution in [0, 0.1) is 0 Å². The molecule has 0 aliphatic rings. The average molecular weight is 170 g/mol. The van der Waals surface area contributed by atoms with Crippen LogP contribution in [0.1, 0.15) is 0 Å². The first-order valence-electron chi connectivity index (χ1n) is 2.66. The first-order chi connectivity index (χ1) is 5.00. The molecule has 2 nitrogen and oxygen atoms in total. The van der Waals surface area contributed by atoms with E-state index in [1.54, 1.807) is 22.4 Å². The van der Waals surface area contributed by atoms with Gasteiger partial charge in [0.15, 0.2) is 0 Å². The molecule has 0 amide bonds. The summed E-state index contributed by atoms with van der Waals surface area (Å²) in [5.74, 6) is 0. The minimum Gasteiger partial charge on any atom is -0.152 e. The first kappa shape index (κ1) is 7.37. The third kappa shape index (κ3) is 3.32. The fourth-order valence-electron chi connectivity index (χ4n) is 0.363. The lowest BCUT2D eigenvalue weighted by atomic mass is 10.7. The Morgan fingerprint density at radius 2 is 1.40 bits per heavy atom. The van der Waals surface area contributed by atoms with E-state index < -0.39 is 0 Å². The lowest BCUT2D eigenvalue weighted by Gasteiger charge is -1.41. The normalized spacial score (nSPS) is 8.00. The molecule has 0 saturated carbocycles. The Kier molecular flexibility index (Phi) is 3.74. The zero-order valence-corrected chi connectivity index (χ0v) is 6.81. The van der Waals surface area contributed by atoms with E-state index in [-0.39, 0.29) is 0 Å². The van der Waals surface area contributed by atoms with E-state index in [1.165, 1.54) is 11.3 Å². The van der Waals surface area contributed by atoms with Crippen molar-refractivity contribution >= 4 is 22.7 Å². The molecule has 0 unspecified atom stereocenters. The number of nitrogens with zero attached hydrogens (tertiary/aromatic N) is 2. The van der Waals surface area contributed by atoms with Crippen LogP contribution in [0.4, 0.5) is 0 Å². The maximum absolute atomic E-state index is 3.49. The summed E-state index contributed by atoms with van der Waals surface area (Å²) < 4.78 is 0. The quantitative estimate of drug-likeness (QED) is 0.606. The number of rotatable bonds is 0. The molecule has 2 rings (SSSR count). The van der Waals surface area contributed by atoms with Crippen molar-refractivity contribution in [3.05, 3.63) is 33.9 Å². The van der Waals surface area contributed by atoms with E-state index in [4.69, 9.17) is 0 Å². The molecule has 10 heavy (non-hydrogen) atoms. The number of hydrogen-bond donors (Lipinski definition) is 0. The van der Waals surface area contributed by atoms with Crippen molar-refractivity contribution in [3.8, 4) is 0 Å². The average Bonchev–Trinajstić information content (AvgIpc) is 2.67. The molecule has 0 aliphatic heterocycles. The highest BCUT2D eigenvalue weighted by Crippen LogP contribution is 1.91. The molecule has 52 valence electrons. The lowest BCUT2D eigenvalue weighted by Crippen LogP contribution is -1.53. The van der Waals surface area contributed by atoms with E-state index in [0.29, 0.717) is 0 Å². The zero-order valence-electron chi connectivity index (χ0n) is 5.18. The third-order valence-corrected chi connectivity index (χ3v) is 1.77. The highest BCUT2D eigenvalue weighted by Gasteiger charge is 1.60. The van der Waals surface area contributed by atoms with Crippen molar-refractivity contribution in [1.29, 1.82) is 0 Å². The molecule has 0 spiro atoms. The van der Waals surface area contributed by atoms with Crippen LogP contribution >= 0.6 is 22.7 Å². The summed E-state index contributed by atoms with van der Waals surface area (Å²) in [4.78, 5) is 0. The highest BCUT2D eigenvalue weighted by molar-refractivity contribution is 7.07. The molecule has 2 heterocycles. The molecular formula is C6H6N2S2. The minimum atomic E-state index is 1.49. The minimum absolute atomic E-state index is 1.49. The Hall–Kier alpha value is -0.740. The molecule has 0 aromatic carbocycles. The van der Waals surface area contributed by atoms with E-state index in [9.17, 15) is 0 Å². The van der Waals surface area contributed by atoms with E-state index in [2.05, 4.69) is 10.2 Å². The van der Waals surface area contributed by atoms with Crippen LogP contribution in [0.5, 0.6) is 0 Å². The molecule has 0 atom stereocenters. The molecule has 0 N–H and O–H groups in total. The topological polar surface area (TPSA) is 25.8 Å². The van der Waals surface area contributed by atoms with Gasteiger partial charge in [-0.1, -0.05) is 12.1 Å². The SMILES string of the molecule is c1ccsc1.c1nncs1. The van der Waals surface area contributed by atoms with E-state index >= 15 is 0 Å². The van der Waals surface area contributed by atoms with Gasteiger partial charge in [-0.3, -0.25) is 0 Å². The van der Waals surface area contributed by atoms with Crippen molar-refractivity contribution < 1.29 is 0 Å². The van der Waals surface area contributed by atoms with Crippen molar-refractivity contribution in [2.45, 2.75) is 0 Å². The van der Waals surface area contributed by atoms with Crippen LogP contribution in [0.25, 0.3) is 0 Å². The van der Waals surface area contributed by atoms with Gasteiger partial charge >= 0.3 is 0 Å². The van der Waals surface area contributed by atoms with Crippen LogP contribution in [0.2, 0.25) is 0 Å². The summed E-state index contributed by atoms with van der Waals surface area (Å²) in [6.45, 7) is 0. The molecule has 4 heteroatoms. The summed E-state index contributed by atoms with van der Waals surface area (Å²) in [7, 11) is 0. The van der Waals surface area contributed by atoms with Crippen LogP contribution in [0.3, 0.4) is 0 Å². The van der Waals surface area contributed by atoms with Crippen LogP contribution in [-0.4, -0.2) is 10.2 Å². The molecule has 0 fully saturated rings. The van der Waals surface area contributed by atoms with Crippen molar-refractivity contribution in [2.75, 3.05) is 0 Å². The smallest absolute Gasteiger partial charge is 0.103 e. The van der Waals surface area contributed by atoms with Crippen molar-refractivity contribution in [3.63, 3.8) is 0 Å². The summed E-state index contributed by atoms with van der Waals surface area (Å²) in [6, 6.07) is 4.04. The Bertz CT molecular complexity index is 153. The van der Waals surface area contributed by atoms with Crippen molar-refractivity contribution in [1.82, 2.24) is 10.2 Å². The first-order valence-corrected chi connectivity index (χ1v) is 4.54.